The first-order chi connectivity index (χ1) is 6.33. The van der Waals surface area contributed by atoms with E-state index in [-0.39, 0.29) is 12.6 Å². The van der Waals surface area contributed by atoms with Crippen LogP contribution in [0.15, 0.2) is 0 Å². The SMILES string of the molecule is CCCOC(C)=O.CCOP(=O)(O)O. The second-order valence-electron chi connectivity index (χ2n) is 2.25. The summed E-state index contributed by atoms with van der Waals surface area (Å²) in [7, 11) is -4.17. The van der Waals surface area contributed by atoms with Crippen molar-refractivity contribution in [1.82, 2.24) is 0 Å². The number of hydrogen-bond donors (Lipinski definition) is 2. The fourth-order valence-electron chi connectivity index (χ4n) is 0.414. The Morgan fingerprint density at radius 2 is 1.86 bits per heavy atom. The molecule has 0 aromatic heterocycles. The van der Waals surface area contributed by atoms with Gasteiger partial charge in [0.05, 0.1) is 13.2 Å². The molecule has 0 aliphatic carbocycles. The van der Waals surface area contributed by atoms with E-state index in [4.69, 9.17) is 9.79 Å². The van der Waals surface area contributed by atoms with Crippen LogP contribution in [0.1, 0.15) is 27.2 Å². The van der Waals surface area contributed by atoms with E-state index in [9.17, 15) is 9.36 Å². The van der Waals surface area contributed by atoms with Gasteiger partial charge in [-0.2, -0.15) is 0 Å². The molecule has 0 spiro atoms. The lowest BCUT2D eigenvalue weighted by Crippen LogP contribution is -1.98. The highest BCUT2D eigenvalue weighted by Crippen LogP contribution is 2.34. The highest BCUT2D eigenvalue weighted by atomic mass is 31.2. The van der Waals surface area contributed by atoms with Crippen molar-refractivity contribution in [1.29, 1.82) is 0 Å². The maximum atomic E-state index is 9.98. The molecule has 0 fully saturated rings. The van der Waals surface area contributed by atoms with Crippen LogP contribution in [0.4, 0.5) is 0 Å². The van der Waals surface area contributed by atoms with Crippen molar-refractivity contribution in [3.8, 4) is 0 Å². The van der Waals surface area contributed by atoms with Gasteiger partial charge in [-0.3, -0.25) is 9.32 Å². The van der Waals surface area contributed by atoms with Crippen molar-refractivity contribution in [2.75, 3.05) is 13.2 Å². The van der Waals surface area contributed by atoms with E-state index < -0.39 is 7.82 Å². The first-order valence-corrected chi connectivity index (χ1v) is 5.70. The highest BCUT2D eigenvalue weighted by molar-refractivity contribution is 7.46. The van der Waals surface area contributed by atoms with Gasteiger partial charge in [-0.1, -0.05) is 6.92 Å². The minimum Gasteiger partial charge on any atom is -0.466 e. The molecule has 7 heteroatoms. The molecule has 0 aliphatic rings. The van der Waals surface area contributed by atoms with Gasteiger partial charge in [0.15, 0.2) is 0 Å². The number of esters is 1. The lowest BCUT2D eigenvalue weighted by atomic mass is 10.5. The molecule has 0 saturated carbocycles. The third kappa shape index (κ3) is 22.6. The van der Waals surface area contributed by atoms with Crippen LogP contribution in [0.2, 0.25) is 0 Å². The molecule has 0 aliphatic heterocycles. The summed E-state index contributed by atoms with van der Waals surface area (Å²) >= 11 is 0. The molecular weight excluding hydrogens is 211 g/mol. The van der Waals surface area contributed by atoms with Gasteiger partial charge in [-0.25, -0.2) is 4.57 Å². The molecule has 2 N–H and O–H groups in total. The van der Waals surface area contributed by atoms with E-state index >= 15 is 0 Å². The topological polar surface area (TPSA) is 93.1 Å². The van der Waals surface area contributed by atoms with Gasteiger partial charge < -0.3 is 14.5 Å². The maximum Gasteiger partial charge on any atom is 0.469 e. The number of carbonyl (C=O) groups excluding carboxylic acids is 1. The molecule has 14 heavy (non-hydrogen) atoms. The fraction of sp³-hybridized carbons (Fsp3) is 0.857. The summed E-state index contributed by atoms with van der Waals surface area (Å²) in [4.78, 5) is 25.8. The Morgan fingerprint density at radius 3 is 1.93 bits per heavy atom. The molecule has 0 unspecified atom stereocenters. The van der Waals surface area contributed by atoms with Gasteiger partial charge in [0.1, 0.15) is 0 Å². The molecule has 0 atom stereocenters. The van der Waals surface area contributed by atoms with E-state index in [1.54, 1.807) is 0 Å². The van der Waals surface area contributed by atoms with E-state index in [0.29, 0.717) is 6.61 Å². The summed E-state index contributed by atoms with van der Waals surface area (Å²) in [5.74, 6) is -0.193. The van der Waals surface area contributed by atoms with E-state index in [1.165, 1.54) is 13.8 Å². The highest BCUT2D eigenvalue weighted by Gasteiger charge is 2.10. The lowest BCUT2D eigenvalue weighted by Gasteiger charge is -1.98. The number of phosphoric acid groups is 1. The normalized spacial score (nSPS) is 10.1. The van der Waals surface area contributed by atoms with Crippen molar-refractivity contribution < 1.29 is 28.4 Å². The Bertz CT molecular complexity index is 187. The summed E-state index contributed by atoms with van der Waals surface area (Å²) < 4.78 is 18.2. The van der Waals surface area contributed by atoms with Gasteiger partial charge >= 0.3 is 13.8 Å². The minimum atomic E-state index is -4.17. The van der Waals surface area contributed by atoms with Crippen LogP contribution in [0, 0.1) is 0 Å². The molecule has 0 aromatic rings. The first kappa shape index (κ1) is 16.0. The summed E-state index contributed by atoms with van der Waals surface area (Å²) in [6, 6.07) is 0. The number of phosphoric ester groups is 1. The predicted molar refractivity (Wildman–Crippen MR) is 50.6 cm³/mol. The minimum absolute atomic E-state index is 0.0459. The first-order valence-electron chi connectivity index (χ1n) is 4.16. The molecular formula is C7H17O6P. The largest absolute Gasteiger partial charge is 0.469 e. The number of carbonyl (C=O) groups is 1. The van der Waals surface area contributed by atoms with Crippen LogP contribution >= 0.6 is 7.82 Å². The van der Waals surface area contributed by atoms with E-state index in [2.05, 4.69) is 9.26 Å². The average Bonchev–Trinajstić information content (AvgIpc) is 1.99. The maximum absolute atomic E-state index is 9.98. The lowest BCUT2D eigenvalue weighted by molar-refractivity contribution is -0.140. The quantitative estimate of drug-likeness (QED) is 0.552. The molecule has 6 nitrogen and oxygen atoms in total. The second-order valence-corrected chi connectivity index (χ2v) is 3.49. The Balaban J connectivity index is 0. The fourth-order valence-corrected chi connectivity index (χ4v) is 0.750. The van der Waals surface area contributed by atoms with Gasteiger partial charge in [0.25, 0.3) is 0 Å². The van der Waals surface area contributed by atoms with Gasteiger partial charge in [0.2, 0.25) is 0 Å². The Labute approximate surface area is 83.5 Å². The standard InChI is InChI=1S/C5H10O2.C2H7O4P/c1-3-4-7-5(2)6;1-2-6-7(3,4)5/h3-4H2,1-2H3;2H2,1H3,(H2,3,4,5). The molecule has 0 bridgehead atoms. The van der Waals surface area contributed by atoms with Gasteiger partial charge in [0, 0.05) is 6.92 Å². The monoisotopic (exact) mass is 228 g/mol. The third-order valence-corrected chi connectivity index (χ3v) is 1.40. The zero-order valence-electron chi connectivity index (χ0n) is 8.60. The Morgan fingerprint density at radius 1 is 1.36 bits per heavy atom. The smallest absolute Gasteiger partial charge is 0.466 e. The molecule has 0 radical (unpaired) electrons. The molecule has 0 rings (SSSR count). The molecule has 0 aromatic carbocycles. The van der Waals surface area contributed by atoms with Gasteiger partial charge in [-0.05, 0) is 13.3 Å². The third-order valence-electron chi connectivity index (χ3n) is 0.807. The van der Waals surface area contributed by atoms with Crippen molar-refractivity contribution in [3.05, 3.63) is 0 Å². The zero-order chi connectivity index (χ0) is 11.6. The number of rotatable bonds is 4. The van der Waals surface area contributed by atoms with Gasteiger partial charge in [-0.15, -0.1) is 0 Å². The molecule has 0 amide bonds. The van der Waals surface area contributed by atoms with Crippen molar-refractivity contribution in [3.63, 3.8) is 0 Å². The average molecular weight is 228 g/mol. The van der Waals surface area contributed by atoms with Crippen LogP contribution < -0.4 is 0 Å². The summed E-state index contributed by atoms with van der Waals surface area (Å²) in [6.07, 6.45) is 0.902. The van der Waals surface area contributed by atoms with Crippen LogP contribution in [0.3, 0.4) is 0 Å². The van der Waals surface area contributed by atoms with Crippen LogP contribution in [0.25, 0.3) is 0 Å². The number of hydrogen-bond acceptors (Lipinski definition) is 4. The summed E-state index contributed by atoms with van der Waals surface area (Å²) in [6.45, 7) is 5.48. The van der Waals surface area contributed by atoms with Crippen LogP contribution in [-0.4, -0.2) is 29.0 Å². The zero-order valence-corrected chi connectivity index (χ0v) is 9.49. The Kier molecular flexibility index (Phi) is 10.5. The van der Waals surface area contributed by atoms with Crippen LogP contribution in [-0.2, 0) is 18.6 Å². The van der Waals surface area contributed by atoms with Crippen molar-refractivity contribution in [2.45, 2.75) is 27.2 Å². The molecule has 86 valence electrons. The predicted octanol–water partition coefficient (Wildman–Crippen LogP) is 1.08. The second kappa shape index (κ2) is 9.15. The molecule has 0 saturated heterocycles. The van der Waals surface area contributed by atoms with Crippen LogP contribution in [0.5, 0.6) is 0 Å². The molecule has 0 heterocycles. The van der Waals surface area contributed by atoms with Crippen molar-refractivity contribution >= 4 is 13.8 Å². The Hall–Kier alpha value is -0.420. The van der Waals surface area contributed by atoms with E-state index in [0.717, 1.165) is 6.42 Å². The number of ether oxygens (including phenoxy) is 1. The summed E-state index contributed by atoms with van der Waals surface area (Å²) in [5, 5.41) is 0. The van der Waals surface area contributed by atoms with E-state index in [1.807, 2.05) is 6.92 Å². The summed E-state index contributed by atoms with van der Waals surface area (Å²) in [5.41, 5.74) is 0. The van der Waals surface area contributed by atoms with Crippen molar-refractivity contribution in [2.24, 2.45) is 0 Å².